The summed E-state index contributed by atoms with van der Waals surface area (Å²) < 4.78 is 0. The van der Waals surface area contributed by atoms with Crippen molar-refractivity contribution < 1.29 is 9.59 Å². The first-order valence-corrected chi connectivity index (χ1v) is 6.73. The van der Waals surface area contributed by atoms with Crippen molar-refractivity contribution in [3.63, 3.8) is 0 Å². The summed E-state index contributed by atoms with van der Waals surface area (Å²) in [5.41, 5.74) is 2.55. The molecule has 4 nitrogen and oxygen atoms in total. The van der Waals surface area contributed by atoms with E-state index in [1.807, 2.05) is 9.80 Å². The van der Waals surface area contributed by atoms with E-state index in [1.54, 1.807) is 0 Å². The van der Waals surface area contributed by atoms with Gasteiger partial charge in [0.15, 0.2) is 0 Å². The fraction of sp³-hybridized carbons (Fsp3) is 0.571. The van der Waals surface area contributed by atoms with E-state index in [2.05, 4.69) is 12.2 Å². The highest BCUT2D eigenvalue weighted by atomic mass is 16.2. The molecule has 0 N–H and O–H groups in total. The minimum absolute atomic E-state index is 0.279. The van der Waals surface area contributed by atoms with Gasteiger partial charge in [0.1, 0.15) is 0 Å². The molecule has 2 atom stereocenters. The molecular weight excluding hydrogens is 228 g/mol. The molecule has 0 aromatic carbocycles. The lowest BCUT2D eigenvalue weighted by atomic mass is 10.0. The molecule has 4 rings (SSSR count). The van der Waals surface area contributed by atoms with Gasteiger partial charge < -0.3 is 9.80 Å². The number of hydrogen-bond acceptors (Lipinski definition) is 2. The van der Waals surface area contributed by atoms with Crippen molar-refractivity contribution in [2.75, 3.05) is 13.1 Å². The maximum atomic E-state index is 11.7. The van der Waals surface area contributed by atoms with Crippen LogP contribution in [-0.4, -0.2) is 46.8 Å². The molecule has 94 valence electrons. The molecule has 0 bridgehead atoms. The van der Waals surface area contributed by atoms with Gasteiger partial charge in [0.25, 0.3) is 0 Å². The van der Waals surface area contributed by atoms with E-state index in [-0.39, 0.29) is 11.8 Å². The van der Waals surface area contributed by atoms with Crippen LogP contribution in [0.1, 0.15) is 25.7 Å². The van der Waals surface area contributed by atoms with Crippen LogP contribution in [-0.2, 0) is 9.59 Å². The summed E-state index contributed by atoms with van der Waals surface area (Å²) >= 11 is 0. The van der Waals surface area contributed by atoms with E-state index in [9.17, 15) is 9.59 Å². The third kappa shape index (κ3) is 1.32. The molecule has 18 heavy (non-hydrogen) atoms. The van der Waals surface area contributed by atoms with Crippen LogP contribution in [0.5, 0.6) is 0 Å². The van der Waals surface area contributed by atoms with Crippen LogP contribution >= 0.6 is 0 Å². The average molecular weight is 244 g/mol. The van der Waals surface area contributed by atoms with Gasteiger partial charge >= 0.3 is 0 Å². The fourth-order valence-electron chi connectivity index (χ4n) is 3.62. The largest absolute Gasteiger partial charge is 0.332 e. The Labute approximate surface area is 106 Å². The monoisotopic (exact) mass is 244 g/mol. The van der Waals surface area contributed by atoms with Gasteiger partial charge in [-0.1, -0.05) is 12.2 Å². The molecular formula is C14H16N2O2. The predicted molar refractivity (Wildman–Crippen MR) is 65.6 cm³/mol. The van der Waals surface area contributed by atoms with Crippen LogP contribution in [0.2, 0.25) is 0 Å². The first-order valence-electron chi connectivity index (χ1n) is 6.73. The zero-order chi connectivity index (χ0) is 12.3. The molecule has 0 aliphatic carbocycles. The first kappa shape index (κ1) is 10.4. The lowest BCUT2D eigenvalue weighted by Crippen LogP contribution is -2.29. The molecule has 0 spiro atoms. The molecule has 4 aliphatic rings. The molecule has 2 fully saturated rings. The van der Waals surface area contributed by atoms with E-state index < -0.39 is 0 Å². The maximum Gasteiger partial charge on any atom is 0.223 e. The predicted octanol–water partition coefficient (Wildman–Crippen LogP) is 0.848. The van der Waals surface area contributed by atoms with Gasteiger partial charge in [0.05, 0.1) is 12.1 Å². The Kier molecular flexibility index (Phi) is 1.99. The number of carbonyl (C=O) groups is 2. The molecule has 2 amide bonds. The first-order chi connectivity index (χ1) is 8.72. The summed E-state index contributed by atoms with van der Waals surface area (Å²) in [6.07, 6.45) is 7.79. The third-order valence-electron chi connectivity index (χ3n) is 4.63. The van der Waals surface area contributed by atoms with Crippen LogP contribution in [0.3, 0.4) is 0 Å². The second-order valence-electron chi connectivity index (χ2n) is 5.64. The molecule has 4 heteroatoms. The smallest absolute Gasteiger partial charge is 0.223 e. The van der Waals surface area contributed by atoms with Crippen LogP contribution < -0.4 is 0 Å². The minimum Gasteiger partial charge on any atom is -0.332 e. The summed E-state index contributed by atoms with van der Waals surface area (Å²) in [4.78, 5) is 27.3. The zero-order valence-electron chi connectivity index (χ0n) is 10.3. The summed E-state index contributed by atoms with van der Waals surface area (Å²) in [7, 11) is 0. The van der Waals surface area contributed by atoms with Crippen molar-refractivity contribution in [3.8, 4) is 0 Å². The van der Waals surface area contributed by atoms with E-state index in [4.69, 9.17) is 0 Å². The third-order valence-corrected chi connectivity index (χ3v) is 4.63. The Bertz CT molecular complexity index is 460. The van der Waals surface area contributed by atoms with Gasteiger partial charge in [-0.2, -0.15) is 0 Å². The number of nitrogens with zero attached hydrogens (tertiary/aromatic N) is 2. The summed E-state index contributed by atoms with van der Waals surface area (Å²) in [5, 5.41) is 0. The van der Waals surface area contributed by atoms with Gasteiger partial charge in [0, 0.05) is 25.9 Å². The molecule has 0 aromatic rings. The lowest BCUT2D eigenvalue weighted by molar-refractivity contribution is -0.128. The van der Waals surface area contributed by atoms with Crippen LogP contribution in [0, 0.1) is 0 Å². The molecule has 4 heterocycles. The maximum absolute atomic E-state index is 11.7. The molecule has 0 saturated carbocycles. The number of amides is 2. The molecule has 0 unspecified atom stereocenters. The van der Waals surface area contributed by atoms with Crippen LogP contribution in [0.15, 0.2) is 23.3 Å². The lowest BCUT2D eigenvalue weighted by Gasteiger charge is -2.16. The van der Waals surface area contributed by atoms with E-state index in [0.717, 1.165) is 25.9 Å². The van der Waals surface area contributed by atoms with E-state index in [1.165, 1.54) is 11.1 Å². The van der Waals surface area contributed by atoms with Crippen molar-refractivity contribution in [1.82, 2.24) is 9.80 Å². The number of rotatable bonds is 1. The minimum atomic E-state index is 0.279. The Hall–Kier alpha value is -1.58. The van der Waals surface area contributed by atoms with Crippen LogP contribution in [0.25, 0.3) is 0 Å². The second kappa shape index (κ2) is 3.46. The Morgan fingerprint density at radius 2 is 1.28 bits per heavy atom. The topological polar surface area (TPSA) is 40.6 Å². The Morgan fingerprint density at radius 3 is 1.67 bits per heavy atom. The number of hydrogen-bond donors (Lipinski definition) is 0. The van der Waals surface area contributed by atoms with E-state index >= 15 is 0 Å². The summed E-state index contributed by atoms with van der Waals surface area (Å²) in [6, 6.07) is 0.638. The molecule has 2 saturated heterocycles. The SMILES string of the molecule is O=C1CC[C@H]2C=C(C3=C[C@H]4CCC(=O)N4C3)CN12. The summed E-state index contributed by atoms with van der Waals surface area (Å²) in [5.74, 6) is 0.558. The van der Waals surface area contributed by atoms with Gasteiger partial charge in [0.2, 0.25) is 11.8 Å². The van der Waals surface area contributed by atoms with Crippen LogP contribution in [0.4, 0.5) is 0 Å². The highest BCUT2D eigenvalue weighted by Crippen LogP contribution is 2.35. The van der Waals surface area contributed by atoms with Gasteiger partial charge in [-0.15, -0.1) is 0 Å². The molecule has 4 aliphatic heterocycles. The fourth-order valence-corrected chi connectivity index (χ4v) is 3.62. The number of carbonyl (C=O) groups excluding carboxylic acids is 2. The standard InChI is InChI=1S/C14H16N2O2/c17-13-3-1-11-5-9(7-15(11)13)10-6-12-2-4-14(18)16(12)8-10/h5-6,11-12H,1-4,7-8H2/t11-,12+. The van der Waals surface area contributed by atoms with Crippen molar-refractivity contribution in [3.05, 3.63) is 23.3 Å². The molecule has 0 aromatic heterocycles. The van der Waals surface area contributed by atoms with Gasteiger partial charge in [-0.3, -0.25) is 9.59 Å². The summed E-state index contributed by atoms with van der Waals surface area (Å²) in [6.45, 7) is 1.51. The van der Waals surface area contributed by atoms with E-state index in [0.29, 0.717) is 24.9 Å². The van der Waals surface area contributed by atoms with Gasteiger partial charge in [-0.05, 0) is 24.0 Å². The van der Waals surface area contributed by atoms with Crippen molar-refractivity contribution in [2.24, 2.45) is 0 Å². The normalized spacial score (nSPS) is 34.0. The number of fused-ring (bicyclic) bond motifs is 2. The Morgan fingerprint density at radius 1 is 0.833 bits per heavy atom. The van der Waals surface area contributed by atoms with Crippen molar-refractivity contribution >= 4 is 11.8 Å². The van der Waals surface area contributed by atoms with Crippen molar-refractivity contribution in [1.29, 1.82) is 0 Å². The highest BCUT2D eigenvalue weighted by Gasteiger charge is 2.39. The van der Waals surface area contributed by atoms with Gasteiger partial charge in [-0.25, -0.2) is 0 Å². The quantitative estimate of drug-likeness (QED) is 0.686. The zero-order valence-corrected chi connectivity index (χ0v) is 10.3. The van der Waals surface area contributed by atoms with Crippen molar-refractivity contribution in [2.45, 2.75) is 37.8 Å². The molecule has 0 radical (unpaired) electrons. The Balaban J connectivity index is 1.56. The second-order valence-corrected chi connectivity index (χ2v) is 5.64. The highest BCUT2D eigenvalue weighted by molar-refractivity contribution is 5.82. The average Bonchev–Trinajstić information content (AvgIpc) is 3.04.